The number of carboxylic acid groups (broad SMARTS) is 1. The molecule has 10 heteroatoms. The molecule has 1 fully saturated rings. The number of carbonyl (C=O) groups is 4. The number of aromatic carboxylic acids is 1. The van der Waals surface area contributed by atoms with E-state index in [2.05, 4.69) is 15.6 Å². The van der Waals surface area contributed by atoms with Crippen LogP contribution >= 0.6 is 0 Å². The lowest BCUT2D eigenvalue weighted by molar-refractivity contribution is -0.149. The monoisotopic (exact) mass is 295 g/mol. The lowest BCUT2D eigenvalue weighted by atomic mass is 10.0. The van der Waals surface area contributed by atoms with E-state index in [0.717, 1.165) is 15.8 Å². The van der Waals surface area contributed by atoms with E-state index in [1.54, 1.807) is 0 Å². The minimum atomic E-state index is -1.25. The zero-order chi connectivity index (χ0) is 15.6. The van der Waals surface area contributed by atoms with E-state index in [9.17, 15) is 19.2 Å². The van der Waals surface area contributed by atoms with Gasteiger partial charge in [-0.05, 0) is 6.42 Å². The van der Waals surface area contributed by atoms with E-state index in [1.165, 1.54) is 7.05 Å². The van der Waals surface area contributed by atoms with Gasteiger partial charge >= 0.3 is 5.97 Å². The van der Waals surface area contributed by atoms with Gasteiger partial charge in [-0.2, -0.15) is 0 Å². The molecule has 2 heterocycles. The van der Waals surface area contributed by atoms with Crippen molar-refractivity contribution in [2.45, 2.75) is 25.4 Å². The molecule has 0 spiro atoms. The maximum absolute atomic E-state index is 11.8. The Morgan fingerprint density at radius 2 is 2.19 bits per heavy atom. The molecule has 1 aromatic rings. The molecule has 21 heavy (non-hydrogen) atoms. The van der Waals surface area contributed by atoms with Gasteiger partial charge in [0.15, 0.2) is 5.69 Å². The van der Waals surface area contributed by atoms with Gasteiger partial charge in [0.1, 0.15) is 12.6 Å². The Kier molecular flexibility index (Phi) is 3.96. The summed E-state index contributed by atoms with van der Waals surface area (Å²) in [7, 11) is 1.36. The summed E-state index contributed by atoms with van der Waals surface area (Å²) >= 11 is 0. The third kappa shape index (κ3) is 3.22. The Morgan fingerprint density at radius 3 is 2.81 bits per heavy atom. The van der Waals surface area contributed by atoms with E-state index in [-0.39, 0.29) is 31.0 Å². The molecule has 2 N–H and O–H groups in total. The van der Waals surface area contributed by atoms with Crippen molar-refractivity contribution in [1.29, 1.82) is 0 Å². The summed E-state index contributed by atoms with van der Waals surface area (Å²) < 4.78 is 1.06. The van der Waals surface area contributed by atoms with Crippen molar-refractivity contribution in [1.82, 2.24) is 25.2 Å². The Balaban J connectivity index is 1.93. The van der Waals surface area contributed by atoms with E-state index in [4.69, 9.17) is 5.11 Å². The maximum Gasteiger partial charge on any atom is 0.358 e. The predicted octanol–water partition coefficient (Wildman–Crippen LogP) is -1.76. The zero-order valence-corrected chi connectivity index (χ0v) is 11.1. The molecule has 1 atom stereocenters. The molecule has 0 saturated carbocycles. The number of nitrogens with one attached hydrogen (secondary N) is 1. The van der Waals surface area contributed by atoms with Gasteiger partial charge in [-0.1, -0.05) is 5.21 Å². The van der Waals surface area contributed by atoms with Gasteiger partial charge in [0, 0.05) is 13.5 Å². The largest absolute Gasteiger partial charge is 0.476 e. The Hall–Kier alpha value is -2.78. The number of hydrogen-bond donors (Lipinski definition) is 2. The van der Waals surface area contributed by atoms with Crippen LogP contribution in [0, 0.1) is 0 Å². The van der Waals surface area contributed by atoms with Crippen LogP contribution in [0.3, 0.4) is 0 Å². The van der Waals surface area contributed by atoms with Crippen LogP contribution in [0.1, 0.15) is 23.3 Å². The number of likely N-dealkylation sites (tertiary alicyclic amines) is 1. The number of carboxylic acids is 1. The van der Waals surface area contributed by atoms with Crippen molar-refractivity contribution in [3.8, 4) is 0 Å². The van der Waals surface area contributed by atoms with E-state index < -0.39 is 23.8 Å². The average molecular weight is 295 g/mol. The molecule has 0 aromatic carbocycles. The second kappa shape index (κ2) is 5.69. The first-order valence-electron chi connectivity index (χ1n) is 6.11. The Bertz CT molecular complexity index is 610. The van der Waals surface area contributed by atoms with Gasteiger partial charge in [0.2, 0.25) is 11.8 Å². The number of carbonyl (C=O) groups excluding carboxylic acids is 3. The van der Waals surface area contributed by atoms with Crippen LogP contribution in [0.15, 0.2) is 6.20 Å². The summed E-state index contributed by atoms with van der Waals surface area (Å²) in [6.45, 7) is -0.262. The highest BCUT2D eigenvalue weighted by Crippen LogP contribution is 2.11. The van der Waals surface area contributed by atoms with Crippen molar-refractivity contribution in [2.75, 3.05) is 7.05 Å². The first kappa shape index (κ1) is 14.6. The molecule has 1 saturated heterocycles. The van der Waals surface area contributed by atoms with Crippen LogP contribution in [0.25, 0.3) is 0 Å². The van der Waals surface area contributed by atoms with Gasteiger partial charge in [0.05, 0.1) is 6.20 Å². The molecule has 10 nitrogen and oxygen atoms in total. The normalized spacial score (nSPS) is 18.7. The van der Waals surface area contributed by atoms with Crippen molar-refractivity contribution < 1.29 is 24.3 Å². The van der Waals surface area contributed by atoms with Crippen LogP contribution in [0.5, 0.6) is 0 Å². The molecule has 0 radical (unpaired) electrons. The van der Waals surface area contributed by atoms with E-state index in [0.29, 0.717) is 0 Å². The third-order valence-electron chi connectivity index (χ3n) is 3.05. The Morgan fingerprint density at radius 1 is 1.48 bits per heavy atom. The topological polar surface area (TPSA) is 134 Å². The smallest absolute Gasteiger partial charge is 0.358 e. The van der Waals surface area contributed by atoms with Crippen molar-refractivity contribution in [3.63, 3.8) is 0 Å². The predicted molar refractivity (Wildman–Crippen MR) is 65.9 cm³/mol. The number of rotatable bonds is 4. The maximum atomic E-state index is 11.8. The number of piperidine rings is 1. The summed E-state index contributed by atoms with van der Waals surface area (Å²) in [5.74, 6) is -2.51. The number of likely N-dealkylation sites (N-methyl/N-ethyl adjacent to an activating group) is 1. The fourth-order valence-corrected chi connectivity index (χ4v) is 1.91. The first-order chi connectivity index (χ1) is 9.88. The van der Waals surface area contributed by atoms with Gasteiger partial charge in [-0.25, -0.2) is 9.48 Å². The number of imide groups is 1. The van der Waals surface area contributed by atoms with Gasteiger partial charge in [0.25, 0.3) is 5.91 Å². The molecule has 1 aliphatic heterocycles. The number of nitrogens with zero attached hydrogens (tertiary/aromatic N) is 4. The second-order valence-corrected chi connectivity index (χ2v) is 4.56. The molecule has 3 amide bonds. The highest BCUT2D eigenvalue weighted by atomic mass is 16.4. The van der Waals surface area contributed by atoms with Gasteiger partial charge < -0.3 is 10.4 Å². The molecular formula is C11H13N5O5. The zero-order valence-electron chi connectivity index (χ0n) is 11.1. The summed E-state index contributed by atoms with van der Waals surface area (Å²) in [5.41, 5.74) is -0.276. The standard InChI is InChI=1S/C11H13N5O5/c1-15-9(18)3-2-6(10(15)19)12-8(17)5-16-4-7(11(20)21)13-14-16/h4,6H,2-3,5H2,1H3,(H,12,17)(H,20,21). The minimum Gasteiger partial charge on any atom is -0.476 e. The second-order valence-electron chi connectivity index (χ2n) is 4.56. The minimum absolute atomic E-state index is 0.180. The molecule has 1 aliphatic rings. The van der Waals surface area contributed by atoms with Crippen molar-refractivity contribution in [2.24, 2.45) is 0 Å². The number of aromatic nitrogens is 3. The van der Waals surface area contributed by atoms with Crippen molar-refractivity contribution >= 4 is 23.7 Å². The highest BCUT2D eigenvalue weighted by molar-refractivity contribution is 6.01. The summed E-state index contributed by atoms with van der Waals surface area (Å²) in [4.78, 5) is 46.5. The number of amides is 3. The van der Waals surface area contributed by atoms with Gasteiger partial charge in [-0.3, -0.25) is 19.3 Å². The molecule has 0 aliphatic carbocycles. The molecular weight excluding hydrogens is 282 g/mol. The lowest BCUT2D eigenvalue weighted by Gasteiger charge is -2.28. The SMILES string of the molecule is CN1C(=O)CCC(NC(=O)Cn2cc(C(=O)O)nn2)C1=O. The van der Waals surface area contributed by atoms with Crippen molar-refractivity contribution in [3.05, 3.63) is 11.9 Å². The summed E-state index contributed by atoms with van der Waals surface area (Å²) in [6.07, 6.45) is 1.53. The summed E-state index contributed by atoms with van der Waals surface area (Å²) in [6, 6.07) is -0.761. The van der Waals surface area contributed by atoms with Crippen LogP contribution < -0.4 is 5.32 Å². The quantitative estimate of drug-likeness (QED) is 0.628. The average Bonchev–Trinajstić information content (AvgIpc) is 2.88. The van der Waals surface area contributed by atoms with Gasteiger partial charge in [-0.15, -0.1) is 5.10 Å². The number of hydrogen-bond acceptors (Lipinski definition) is 6. The molecule has 112 valence electrons. The third-order valence-corrected chi connectivity index (χ3v) is 3.05. The highest BCUT2D eigenvalue weighted by Gasteiger charge is 2.32. The lowest BCUT2D eigenvalue weighted by Crippen LogP contribution is -2.53. The fourth-order valence-electron chi connectivity index (χ4n) is 1.91. The molecule has 0 bridgehead atoms. The van der Waals surface area contributed by atoms with Crippen LogP contribution in [-0.2, 0) is 20.9 Å². The Labute approximate surface area is 118 Å². The van der Waals surface area contributed by atoms with Crippen LogP contribution in [0.4, 0.5) is 0 Å². The summed E-state index contributed by atoms with van der Waals surface area (Å²) in [5, 5.41) is 18.0. The van der Waals surface area contributed by atoms with Crippen LogP contribution in [-0.4, -0.2) is 61.8 Å². The van der Waals surface area contributed by atoms with Crippen LogP contribution in [0.2, 0.25) is 0 Å². The molecule has 2 rings (SSSR count). The first-order valence-corrected chi connectivity index (χ1v) is 6.11. The fraction of sp³-hybridized carbons (Fsp3) is 0.455. The molecule has 1 unspecified atom stereocenters. The van der Waals surface area contributed by atoms with E-state index in [1.807, 2.05) is 0 Å². The van der Waals surface area contributed by atoms with E-state index >= 15 is 0 Å². The molecule has 1 aromatic heterocycles.